The maximum absolute atomic E-state index is 14.1. The van der Waals surface area contributed by atoms with E-state index in [1.165, 1.54) is 22.3 Å². The summed E-state index contributed by atoms with van der Waals surface area (Å²) in [6.07, 6.45) is 8.18. The third-order valence-electron chi connectivity index (χ3n) is 8.76. The molecule has 42 heavy (non-hydrogen) atoms. The maximum atomic E-state index is 14.1. The van der Waals surface area contributed by atoms with Crippen LogP contribution >= 0.6 is 23.2 Å². The topological polar surface area (TPSA) is 49.3 Å². The molecule has 2 fully saturated rings. The fraction of sp³-hybridized carbons (Fsp3) is 0.343. The van der Waals surface area contributed by atoms with Gasteiger partial charge in [-0.2, -0.15) is 0 Å². The van der Waals surface area contributed by atoms with Crippen molar-refractivity contribution in [2.75, 3.05) is 18.0 Å². The Kier molecular flexibility index (Phi) is 8.78. The van der Waals surface area contributed by atoms with Gasteiger partial charge in [0, 0.05) is 35.4 Å². The van der Waals surface area contributed by atoms with Crippen molar-refractivity contribution in [1.29, 1.82) is 0 Å². The predicted octanol–water partition coefficient (Wildman–Crippen LogP) is 8.07. The first-order chi connectivity index (χ1) is 20.5. The number of rotatable bonds is 8. The molecule has 7 heteroatoms. The number of anilines is 1. The largest absolute Gasteiger partial charge is 0.335 e. The van der Waals surface area contributed by atoms with E-state index in [2.05, 4.69) is 60.4 Å². The number of hydrogen-bond donors (Lipinski definition) is 0. The van der Waals surface area contributed by atoms with E-state index in [0.717, 1.165) is 67.4 Å². The van der Waals surface area contributed by atoms with Gasteiger partial charge in [0.15, 0.2) is 0 Å². The highest BCUT2D eigenvalue weighted by atomic mass is 35.5. The fourth-order valence-electron chi connectivity index (χ4n) is 6.46. The van der Waals surface area contributed by atoms with E-state index >= 15 is 0 Å². The average molecular weight is 600 g/mol. The summed E-state index contributed by atoms with van der Waals surface area (Å²) in [7, 11) is 0. The molecule has 0 spiro atoms. The predicted molar refractivity (Wildman–Crippen MR) is 171 cm³/mol. The number of hydrogen-bond acceptors (Lipinski definition) is 4. The third-order valence-corrected chi connectivity index (χ3v) is 9.27. The van der Waals surface area contributed by atoms with Crippen LogP contribution in [0.25, 0.3) is 0 Å². The molecule has 2 aliphatic rings. The molecule has 0 unspecified atom stereocenters. The number of aromatic nitrogens is 2. The number of amides is 1. The summed E-state index contributed by atoms with van der Waals surface area (Å²) in [6, 6.07) is 24.8. The maximum Gasteiger partial charge on any atom is 0.257 e. The van der Waals surface area contributed by atoms with E-state index in [-0.39, 0.29) is 18.0 Å². The van der Waals surface area contributed by atoms with Gasteiger partial charge in [-0.3, -0.25) is 4.79 Å². The number of halogens is 2. The summed E-state index contributed by atoms with van der Waals surface area (Å²) in [4.78, 5) is 28.4. The van der Waals surface area contributed by atoms with Crippen molar-refractivity contribution in [3.05, 3.63) is 123 Å². The minimum Gasteiger partial charge on any atom is -0.335 e. The monoisotopic (exact) mass is 598 g/mol. The van der Waals surface area contributed by atoms with Crippen LogP contribution in [0.3, 0.4) is 0 Å². The molecule has 6 rings (SSSR count). The minimum absolute atomic E-state index is 0.0356. The first-order valence-corrected chi connectivity index (χ1v) is 15.7. The molecule has 1 amide bonds. The quantitative estimate of drug-likeness (QED) is 0.206. The summed E-state index contributed by atoms with van der Waals surface area (Å²) < 4.78 is 0. The molecule has 4 aromatic rings. The van der Waals surface area contributed by atoms with Gasteiger partial charge in [0.05, 0.1) is 17.3 Å². The lowest BCUT2D eigenvalue weighted by molar-refractivity contribution is 0.0734. The van der Waals surface area contributed by atoms with Gasteiger partial charge in [0.25, 0.3) is 5.91 Å². The van der Waals surface area contributed by atoms with Crippen LogP contribution in [-0.4, -0.2) is 39.9 Å². The number of likely N-dealkylation sites (tertiary alicyclic amines) is 1. The molecule has 0 bridgehead atoms. The zero-order chi connectivity index (χ0) is 29.1. The Morgan fingerprint density at radius 2 is 1.60 bits per heavy atom. The molecular weight excluding hydrogens is 563 g/mol. The number of carbonyl (C=O) groups excluding carboxylic acids is 1. The van der Waals surface area contributed by atoms with Crippen molar-refractivity contribution < 1.29 is 4.79 Å². The molecule has 3 heterocycles. The summed E-state index contributed by atoms with van der Waals surface area (Å²) in [6.45, 7) is 3.77. The smallest absolute Gasteiger partial charge is 0.257 e. The third kappa shape index (κ3) is 6.33. The highest BCUT2D eigenvalue weighted by Gasteiger charge is 2.33. The van der Waals surface area contributed by atoms with Crippen LogP contribution in [0.5, 0.6) is 0 Å². The summed E-state index contributed by atoms with van der Waals surface area (Å²) >= 11 is 12.3. The Labute approximate surface area is 258 Å². The number of carbonyl (C=O) groups is 1. The summed E-state index contributed by atoms with van der Waals surface area (Å²) in [5, 5.41) is 1.46. The van der Waals surface area contributed by atoms with Crippen molar-refractivity contribution in [1.82, 2.24) is 14.9 Å². The highest BCUT2D eigenvalue weighted by Crippen LogP contribution is 2.35. The van der Waals surface area contributed by atoms with Crippen LogP contribution in [0, 0.1) is 6.92 Å². The van der Waals surface area contributed by atoms with Crippen LogP contribution in [-0.2, 0) is 19.3 Å². The Morgan fingerprint density at radius 3 is 2.36 bits per heavy atom. The normalized spacial score (nSPS) is 18.5. The van der Waals surface area contributed by atoms with Crippen LogP contribution in [0.2, 0.25) is 10.0 Å². The lowest BCUT2D eigenvalue weighted by atomic mass is 10.0. The van der Waals surface area contributed by atoms with Gasteiger partial charge in [-0.1, -0.05) is 71.7 Å². The second-order valence-electron chi connectivity index (χ2n) is 11.5. The minimum atomic E-state index is 0.0356. The number of aryl methyl sites for hydroxylation is 3. The molecule has 5 nitrogen and oxygen atoms in total. The molecule has 2 saturated heterocycles. The Morgan fingerprint density at radius 1 is 0.881 bits per heavy atom. The van der Waals surface area contributed by atoms with E-state index in [9.17, 15) is 4.79 Å². The van der Waals surface area contributed by atoms with Crippen molar-refractivity contribution in [2.45, 2.75) is 64.0 Å². The van der Waals surface area contributed by atoms with E-state index in [4.69, 9.17) is 33.2 Å². The molecule has 0 radical (unpaired) electrons. The van der Waals surface area contributed by atoms with Gasteiger partial charge < -0.3 is 9.80 Å². The van der Waals surface area contributed by atoms with Crippen LogP contribution in [0.4, 0.5) is 5.95 Å². The first-order valence-electron chi connectivity index (χ1n) is 14.9. The standard InChI is InChI=1S/C35H36Cl2N4O/c1-24-6-2-3-7-26(24)14-19-32-31(34(42)40-20-4-8-30(40)22-25-10-15-28(36)16-11-25)23-38-35(39-32)41-21-5-9-33(41)27-12-17-29(37)18-13-27/h2-3,6-7,10-13,15-18,23,30,33H,4-5,8-9,14,19-22H2,1H3/t30-,33+/m1/s1. The van der Waals surface area contributed by atoms with Crippen molar-refractivity contribution in [3.8, 4) is 0 Å². The van der Waals surface area contributed by atoms with Gasteiger partial charge in [-0.15, -0.1) is 0 Å². The van der Waals surface area contributed by atoms with Gasteiger partial charge in [-0.05, 0) is 98.4 Å². The van der Waals surface area contributed by atoms with Gasteiger partial charge in [-0.25, -0.2) is 9.97 Å². The van der Waals surface area contributed by atoms with E-state index in [0.29, 0.717) is 17.9 Å². The number of benzene rings is 3. The average Bonchev–Trinajstić information content (AvgIpc) is 3.68. The molecule has 216 valence electrons. The SMILES string of the molecule is Cc1ccccc1CCc1nc(N2CCC[C@H]2c2ccc(Cl)cc2)ncc1C(=O)N1CCC[C@@H]1Cc1ccc(Cl)cc1. The Bertz CT molecular complexity index is 1540. The van der Waals surface area contributed by atoms with Crippen LogP contribution in [0.15, 0.2) is 79.0 Å². The second kappa shape index (κ2) is 12.8. The zero-order valence-corrected chi connectivity index (χ0v) is 25.5. The van der Waals surface area contributed by atoms with Crippen molar-refractivity contribution in [2.24, 2.45) is 0 Å². The molecule has 0 aliphatic carbocycles. The van der Waals surface area contributed by atoms with Crippen molar-refractivity contribution >= 4 is 35.1 Å². The lowest BCUT2D eigenvalue weighted by Crippen LogP contribution is -2.37. The van der Waals surface area contributed by atoms with Gasteiger partial charge >= 0.3 is 0 Å². The molecule has 3 aromatic carbocycles. The second-order valence-corrected chi connectivity index (χ2v) is 12.4. The summed E-state index contributed by atoms with van der Waals surface area (Å²) in [5.74, 6) is 0.733. The van der Waals surface area contributed by atoms with E-state index in [1.807, 2.05) is 29.2 Å². The fourth-order valence-corrected chi connectivity index (χ4v) is 6.71. The summed E-state index contributed by atoms with van der Waals surface area (Å²) in [5.41, 5.74) is 6.38. The number of nitrogens with zero attached hydrogens (tertiary/aromatic N) is 4. The highest BCUT2D eigenvalue weighted by molar-refractivity contribution is 6.30. The first kappa shape index (κ1) is 28.7. The van der Waals surface area contributed by atoms with Crippen LogP contribution in [0.1, 0.15) is 70.0 Å². The molecule has 0 saturated carbocycles. The van der Waals surface area contributed by atoms with Gasteiger partial charge in [0.2, 0.25) is 5.95 Å². The Hall–Kier alpha value is -3.41. The molecular formula is C35H36Cl2N4O. The van der Waals surface area contributed by atoms with Crippen molar-refractivity contribution in [3.63, 3.8) is 0 Å². The van der Waals surface area contributed by atoms with Crippen LogP contribution < -0.4 is 4.90 Å². The Balaban J connectivity index is 1.30. The molecule has 2 atom stereocenters. The molecule has 0 N–H and O–H groups in total. The lowest BCUT2D eigenvalue weighted by Gasteiger charge is -2.28. The molecule has 2 aliphatic heterocycles. The van der Waals surface area contributed by atoms with E-state index in [1.54, 1.807) is 6.20 Å². The van der Waals surface area contributed by atoms with Gasteiger partial charge in [0.1, 0.15) is 0 Å². The van der Waals surface area contributed by atoms with E-state index < -0.39 is 0 Å². The molecule has 1 aromatic heterocycles. The zero-order valence-electron chi connectivity index (χ0n) is 24.0.